The lowest BCUT2D eigenvalue weighted by Crippen LogP contribution is -2.28. The molecule has 0 aliphatic rings. The summed E-state index contributed by atoms with van der Waals surface area (Å²) >= 11 is 4.76. The molecule has 0 bridgehead atoms. The van der Waals surface area contributed by atoms with E-state index in [2.05, 4.69) is 15.9 Å². The summed E-state index contributed by atoms with van der Waals surface area (Å²) in [5.74, 6) is -0.220. The molecule has 2 aromatic rings. The van der Waals surface area contributed by atoms with Gasteiger partial charge in [0, 0.05) is 30.1 Å². The van der Waals surface area contributed by atoms with Crippen molar-refractivity contribution in [3.63, 3.8) is 0 Å². The fourth-order valence-electron chi connectivity index (χ4n) is 1.84. The highest BCUT2D eigenvalue weighted by molar-refractivity contribution is 9.10. The zero-order chi connectivity index (χ0) is 15.4. The second kappa shape index (κ2) is 6.82. The molecule has 0 N–H and O–H groups in total. The van der Waals surface area contributed by atoms with Gasteiger partial charge in [-0.15, -0.1) is 11.3 Å². The Morgan fingerprint density at radius 1 is 1.43 bits per heavy atom. The molecule has 0 aliphatic carbocycles. The average Bonchev–Trinajstić information content (AvgIpc) is 2.97. The van der Waals surface area contributed by atoms with Crippen LogP contribution in [0.1, 0.15) is 15.2 Å². The molecule has 0 fully saturated rings. The van der Waals surface area contributed by atoms with Gasteiger partial charge in [-0.05, 0) is 45.9 Å². The first-order valence-electron chi connectivity index (χ1n) is 6.21. The van der Waals surface area contributed by atoms with Gasteiger partial charge in [0.05, 0.1) is 9.40 Å². The van der Waals surface area contributed by atoms with Crippen LogP contribution in [0, 0.1) is 10.1 Å². The number of nitro benzene ring substituents is 1. The number of nitrogens with zero attached hydrogens (tertiary/aromatic N) is 2. The van der Waals surface area contributed by atoms with E-state index in [0.29, 0.717) is 16.6 Å². The molecule has 7 heteroatoms. The normalized spacial score (nSPS) is 10.4. The number of halogens is 1. The second-order valence-electron chi connectivity index (χ2n) is 4.48. The molecule has 2 rings (SSSR count). The number of carbonyl (C=O) groups excluding carboxylic acids is 1. The first-order valence-corrected chi connectivity index (χ1v) is 7.88. The fraction of sp³-hybridized carbons (Fsp3) is 0.214. The minimum absolute atomic E-state index is 0.104. The Hall–Kier alpha value is -1.73. The van der Waals surface area contributed by atoms with E-state index >= 15 is 0 Å². The van der Waals surface area contributed by atoms with E-state index < -0.39 is 4.92 Å². The summed E-state index contributed by atoms with van der Waals surface area (Å²) in [6, 6.07) is 8.40. The van der Waals surface area contributed by atoms with Gasteiger partial charge in [0.1, 0.15) is 0 Å². The Bertz CT molecular complexity index is 658. The van der Waals surface area contributed by atoms with Crippen LogP contribution in [0.3, 0.4) is 0 Å². The molecule has 1 aromatic heterocycles. The van der Waals surface area contributed by atoms with E-state index in [-0.39, 0.29) is 11.6 Å². The lowest BCUT2D eigenvalue weighted by molar-refractivity contribution is -0.385. The molecular formula is C14H13BrN2O3S. The quantitative estimate of drug-likeness (QED) is 0.596. The number of likely N-dealkylation sites (N-methyl/N-ethyl adjacent to an activating group) is 1. The molecule has 1 aromatic carbocycles. The summed E-state index contributed by atoms with van der Waals surface area (Å²) in [4.78, 5) is 25.5. The topological polar surface area (TPSA) is 63.5 Å². The minimum atomic E-state index is -0.507. The summed E-state index contributed by atoms with van der Waals surface area (Å²) < 4.78 is 0.366. The number of amides is 1. The van der Waals surface area contributed by atoms with Crippen molar-refractivity contribution in [2.75, 3.05) is 13.6 Å². The van der Waals surface area contributed by atoms with Gasteiger partial charge < -0.3 is 4.90 Å². The van der Waals surface area contributed by atoms with Crippen LogP contribution in [0.5, 0.6) is 0 Å². The maximum atomic E-state index is 12.3. The van der Waals surface area contributed by atoms with Gasteiger partial charge >= 0.3 is 0 Å². The summed E-state index contributed by atoms with van der Waals surface area (Å²) in [5, 5.41) is 12.9. The molecule has 0 saturated carbocycles. The highest BCUT2D eigenvalue weighted by atomic mass is 79.9. The zero-order valence-electron chi connectivity index (χ0n) is 11.3. The predicted octanol–water partition coefficient (Wildman–Crippen LogP) is 3.73. The van der Waals surface area contributed by atoms with Crippen molar-refractivity contribution >= 4 is 38.9 Å². The van der Waals surface area contributed by atoms with Gasteiger partial charge in [-0.25, -0.2) is 0 Å². The predicted molar refractivity (Wildman–Crippen MR) is 85.8 cm³/mol. The number of benzene rings is 1. The van der Waals surface area contributed by atoms with Crippen molar-refractivity contribution in [1.82, 2.24) is 4.90 Å². The van der Waals surface area contributed by atoms with Gasteiger partial charge in [-0.2, -0.15) is 0 Å². The van der Waals surface area contributed by atoms with Crippen LogP contribution in [0.2, 0.25) is 0 Å². The number of thiophene rings is 1. The number of hydrogen-bond acceptors (Lipinski definition) is 4. The van der Waals surface area contributed by atoms with Gasteiger partial charge in [-0.1, -0.05) is 6.07 Å². The summed E-state index contributed by atoms with van der Waals surface area (Å²) in [6.45, 7) is 0.573. The summed E-state index contributed by atoms with van der Waals surface area (Å²) in [7, 11) is 1.70. The Balaban J connectivity index is 2.08. The molecule has 1 amide bonds. The Kier molecular flexibility index (Phi) is 5.08. The molecule has 0 aliphatic heterocycles. The Labute approximate surface area is 134 Å². The molecule has 5 nitrogen and oxygen atoms in total. The van der Waals surface area contributed by atoms with Crippen molar-refractivity contribution in [1.29, 1.82) is 0 Å². The largest absolute Gasteiger partial charge is 0.341 e. The number of carbonyl (C=O) groups is 1. The Morgan fingerprint density at radius 2 is 2.19 bits per heavy atom. The fourth-order valence-corrected chi connectivity index (χ4v) is 2.93. The molecule has 1 heterocycles. The highest BCUT2D eigenvalue weighted by Gasteiger charge is 2.18. The van der Waals surface area contributed by atoms with Crippen molar-refractivity contribution in [3.05, 3.63) is 60.7 Å². The number of nitro groups is 1. The molecule has 0 saturated heterocycles. The monoisotopic (exact) mass is 368 g/mol. The molecular weight excluding hydrogens is 356 g/mol. The van der Waals surface area contributed by atoms with Crippen LogP contribution in [0.15, 0.2) is 40.2 Å². The Morgan fingerprint density at radius 3 is 2.81 bits per heavy atom. The van der Waals surface area contributed by atoms with E-state index in [0.717, 1.165) is 6.42 Å². The van der Waals surface area contributed by atoms with E-state index in [1.165, 1.54) is 17.0 Å². The van der Waals surface area contributed by atoms with Crippen LogP contribution in [-0.2, 0) is 6.42 Å². The zero-order valence-corrected chi connectivity index (χ0v) is 13.7. The average molecular weight is 369 g/mol. The third-order valence-corrected chi connectivity index (χ3v) is 4.62. The SMILES string of the molecule is CN(CCc1cccs1)C(=O)c1ccc(Br)c([N+](=O)[O-])c1. The van der Waals surface area contributed by atoms with Crippen molar-refractivity contribution in [3.8, 4) is 0 Å². The van der Waals surface area contributed by atoms with Crippen molar-refractivity contribution in [2.24, 2.45) is 0 Å². The first kappa shape index (κ1) is 15.7. The molecule has 0 spiro atoms. The van der Waals surface area contributed by atoms with E-state index in [1.54, 1.807) is 29.4 Å². The number of hydrogen-bond donors (Lipinski definition) is 0. The maximum Gasteiger partial charge on any atom is 0.284 e. The van der Waals surface area contributed by atoms with Gasteiger partial charge in [0.2, 0.25) is 0 Å². The van der Waals surface area contributed by atoms with Crippen LogP contribution in [0.4, 0.5) is 5.69 Å². The van der Waals surface area contributed by atoms with Crippen LogP contribution in [-0.4, -0.2) is 29.3 Å². The third kappa shape index (κ3) is 3.89. The standard InChI is InChI=1S/C14H13BrN2O3S/c1-16(7-6-11-3-2-8-21-11)14(18)10-4-5-12(15)13(9-10)17(19)20/h2-5,8-9H,6-7H2,1H3. The van der Waals surface area contributed by atoms with E-state index in [4.69, 9.17) is 0 Å². The smallest absolute Gasteiger partial charge is 0.284 e. The molecule has 0 unspecified atom stereocenters. The van der Waals surface area contributed by atoms with Crippen LogP contribution >= 0.6 is 27.3 Å². The summed E-state index contributed by atoms with van der Waals surface area (Å²) in [5.41, 5.74) is 0.214. The van der Waals surface area contributed by atoms with Crippen LogP contribution in [0.25, 0.3) is 0 Å². The molecule has 0 radical (unpaired) electrons. The third-order valence-electron chi connectivity index (χ3n) is 3.01. The first-order chi connectivity index (χ1) is 9.99. The van der Waals surface area contributed by atoms with Gasteiger partial charge in [0.25, 0.3) is 11.6 Å². The van der Waals surface area contributed by atoms with E-state index in [1.807, 2.05) is 17.5 Å². The minimum Gasteiger partial charge on any atom is -0.341 e. The lowest BCUT2D eigenvalue weighted by Gasteiger charge is -2.16. The second-order valence-corrected chi connectivity index (χ2v) is 6.37. The van der Waals surface area contributed by atoms with Gasteiger partial charge in [-0.3, -0.25) is 14.9 Å². The molecule has 0 atom stereocenters. The maximum absolute atomic E-state index is 12.3. The van der Waals surface area contributed by atoms with Gasteiger partial charge in [0.15, 0.2) is 0 Å². The number of rotatable bonds is 5. The van der Waals surface area contributed by atoms with E-state index in [9.17, 15) is 14.9 Å². The molecule has 110 valence electrons. The van der Waals surface area contributed by atoms with Crippen molar-refractivity contribution in [2.45, 2.75) is 6.42 Å². The van der Waals surface area contributed by atoms with Crippen LogP contribution < -0.4 is 0 Å². The summed E-state index contributed by atoms with van der Waals surface area (Å²) in [6.07, 6.45) is 0.776. The lowest BCUT2D eigenvalue weighted by atomic mass is 10.1. The highest BCUT2D eigenvalue weighted by Crippen LogP contribution is 2.26. The van der Waals surface area contributed by atoms with Crippen molar-refractivity contribution < 1.29 is 9.72 Å². The molecule has 21 heavy (non-hydrogen) atoms.